The van der Waals surface area contributed by atoms with Crippen LogP contribution in [0.4, 0.5) is 0 Å². The van der Waals surface area contributed by atoms with Crippen molar-refractivity contribution >= 4 is 27.3 Å². The van der Waals surface area contributed by atoms with Gasteiger partial charge in [-0.2, -0.15) is 0 Å². The van der Waals surface area contributed by atoms with E-state index in [0.717, 1.165) is 5.56 Å². The molecule has 0 bridgehead atoms. The highest BCUT2D eigenvalue weighted by molar-refractivity contribution is 14.2. The first-order valence-corrected chi connectivity index (χ1v) is 31.0. The number of hydrogen-bond donors (Lipinski definition) is 3. The van der Waals surface area contributed by atoms with E-state index >= 15 is 4.57 Å². The molecule has 21 heteroatoms. The van der Waals surface area contributed by atoms with Crippen LogP contribution in [0.25, 0.3) is 0 Å². The van der Waals surface area contributed by atoms with Gasteiger partial charge in [0.2, 0.25) is 0 Å². The molecule has 19 nitrogen and oxygen atoms in total. The van der Waals surface area contributed by atoms with Gasteiger partial charge in [-0.05, 0) is 95.8 Å². The van der Waals surface area contributed by atoms with Gasteiger partial charge in [0.15, 0.2) is 0 Å². The minimum absolute atomic E-state index is 0.0325. The third-order valence-electron chi connectivity index (χ3n) is 15.4. The number of benzene rings is 6. The highest BCUT2D eigenvalue weighted by Gasteiger charge is 2.55. The molecule has 8 atom stereocenters. The lowest BCUT2D eigenvalue weighted by atomic mass is 9.64. The lowest BCUT2D eigenvalue weighted by Gasteiger charge is -2.43. The monoisotopic (exact) mass is 1260 g/mol. The molecule has 432 valence electrons. The Bertz CT molecular complexity index is 3730. The number of aromatic amines is 2. The SMILES string of the molecule is COc1ccc(C(O[C@H]2C[C@H](n3cc(C)c(=O)[nH]c3=O)O[C@@H]2COP(=O)(I)O[C@H]2C[C@H](n3cc(C)c(=O)[nH]c3=O)O[C@@H]2C(O)C(c2ccccc2)(c2ccc(OC)cc2)c2ccc(OC)cc2)(c2ccccc2)c2ccc(OC)cc2)cc1. The van der Waals surface area contributed by atoms with Crippen molar-refractivity contribution in [2.45, 2.75) is 80.7 Å². The molecule has 0 amide bonds. The largest absolute Gasteiger partial charge is 0.497 e. The zero-order valence-corrected chi connectivity index (χ0v) is 49.3. The molecule has 0 radical (unpaired) electrons. The summed E-state index contributed by atoms with van der Waals surface area (Å²) in [4.78, 5) is 57.4. The topological polar surface area (TPSA) is 230 Å². The lowest BCUT2D eigenvalue weighted by molar-refractivity contribution is -0.102. The van der Waals surface area contributed by atoms with Crippen LogP contribution < -0.4 is 41.4 Å². The molecule has 2 aliphatic heterocycles. The molecule has 2 aliphatic rings. The van der Waals surface area contributed by atoms with E-state index in [-0.39, 0.29) is 24.0 Å². The second kappa shape index (κ2) is 24.8. The molecule has 0 saturated carbocycles. The molecule has 2 fully saturated rings. The predicted molar refractivity (Wildman–Crippen MR) is 317 cm³/mol. The van der Waals surface area contributed by atoms with Gasteiger partial charge in [0, 0.05) is 36.4 Å². The number of aliphatic hydroxyl groups excluding tert-OH is 1. The molecule has 4 heterocycles. The molecule has 0 aliphatic carbocycles. The number of nitrogens with one attached hydrogen (secondary N) is 2. The Kier molecular flexibility index (Phi) is 17.6. The Morgan fingerprint density at radius 2 is 0.940 bits per heavy atom. The molecule has 8 aromatic rings. The first-order chi connectivity index (χ1) is 40.0. The number of rotatable bonds is 21. The van der Waals surface area contributed by atoms with E-state index in [0.29, 0.717) is 50.8 Å². The molecule has 2 aromatic heterocycles. The summed E-state index contributed by atoms with van der Waals surface area (Å²) in [6, 6.07) is 48.3. The second-order valence-corrected chi connectivity index (χ2v) is 25.1. The molecule has 0 spiro atoms. The summed E-state index contributed by atoms with van der Waals surface area (Å²) in [5.41, 5.74) is -1.03. The van der Waals surface area contributed by atoms with Crippen molar-refractivity contribution in [2.24, 2.45) is 0 Å². The van der Waals surface area contributed by atoms with Gasteiger partial charge < -0.3 is 38.3 Å². The van der Waals surface area contributed by atoms with Crippen molar-refractivity contribution in [2.75, 3.05) is 35.0 Å². The lowest BCUT2D eigenvalue weighted by Crippen LogP contribution is -2.51. The number of ether oxygens (including phenoxy) is 7. The van der Waals surface area contributed by atoms with Gasteiger partial charge in [-0.25, -0.2) is 14.2 Å². The molecule has 6 aromatic carbocycles. The number of H-pyrrole nitrogens is 2. The Morgan fingerprint density at radius 3 is 1.37 bits per heavy atom. The molecule has 83 heavy (non-hydrogen) atoms. The first kappa shape index (κ1) is 58.8. The van der Waals surface area contributed by atoms with Crippen molar-refractivity contribution < 1.29 is 51.9 Å². The number of aliphatic hydroxyl groups is 1. The predicted octanol–water partition coefficient (Wildman–Crippen LogP) is 9.03. The van der Waals surface area contributed by atoms with Crippen LogP contribution >= 0.6 is 27.3 Å². The van der Waals surface area contributed by atoms with Gasteiger partial charge in [-0.15, -0.1) is 0 Å². The van der Waals surface area contributed by atoms with Crippen LogP contribution in [0, 0.1) is 13.8 Å². The van der Waals surface area contributed by atoms with Crippen LogP contribution in [0.1, 0.15) is 69.8 Å². The Hall–Kier alpha value is -7.40. The van der Waals surface area contributed by atoms with Crippen LogP contribution in [0.5, 0.6) is 23.0 Å². The quantitative estimate of drug-likeness (QED) is 0.0346. The van der Waals surface area contributed by atoms with Gasteiger partial charge in [0.25, 0.3) is 11.1 Å². The minimum atomic E-state index is -4.37. The Balaban J connectivity index is 1.06. The molecular formula is C62H62IN4O15P. The standard InChI is InChI=1S/C62H62IN4O15P/c1-38-35-66(59(71)64-57(38)69)53-33-50(81-62(43-15-11-8-12-16-43,44-21-29-48(76-5)30-22-44)45-23-31-49(77-6)32-24-45)52(79-53)37-78-83(63,73)82-51-34-54(67-36-39(2)58(70)65-60(67)72)80-55(51)56(68)61(40-13-9-7-10-14-40,41-17-25-46(74-3)26-18-41)42-19-27-47(75-4)28-20-42/h7-32,35-36,50-56,68H,33-34,37H2,1-6H3,(H,64,69,71)(H,65,70,72)/t50-,51-,52+,53+,54+,55-,56?,83?/m0/s1. The third kappa shape index (κ3) is 11.8. The van der Waals surface area contributed by atoms with E-state index in [1.165, 1.54) is 21.5 Å². The smallest absolute Gasteiger partial charge is 0.389 e. The van der Waals surface area contributed by atoms with Crippen LogP contribution in [0.3, 0.4) is 0 Å². The van der Waals surface area contributed by atoms with Gasteiger partial charge in [-0.1, -0.05) is 109 Å². The van der Waals surface area contributed by atoms with E-state index in [9.17, 15) is 24.3 Å². The number of nitrogens with zero attached hydrogens (tertiary/aromatic N) is 2. The third-order valence-corrected chi connectivity index (χ3v) is 17.9. The summed E-state index contributed by atoms with van der Waals surface area (Å²) in [5, 5.41) is 9.24. The summed E-state index contributed by atoms with van der Waals surface area (Å²) in [5.74, 6) is 2.33. The summed E-state index contributed by atoms with van der Waals surface area (Å²) < 4.78 is 74.4. The summed E-state index contributed by atoms with van der Waals surface area (Å²) in [6.45, 7) is 2.68. The van der Waals surface area contributed by atoms with Crippen molar-refractivity contribution in [1.82, 2.24) is 19.1 Å². The van der Waals surface area contributed by atoms with Crippen molar-refractivity contribution in [1.29, 1.82) is 0 Å². The molecular weight excluding hydrogens is 1200 g/mol. The van der Waals surface area contributed by atoms with Gasteiger partial charge >= 0.3 is 16.6 Å². The summed E-state index contributed by atoms with van der Waals surface area (Å²) >= 11 is 1.62. The number of aryl methyl sites for hydroxylation is 2. The normalized spacial score (nSPS) is 20.1. The zero-order chi connectivity index (χ0) is 58.6. The fourth-order valence-electron chi connectivity index (χ4n) is 11.2. The van der Waals surface area contributed by atoms with E-state index in [4.69, 9.17) is 42.2 Å². The zero-order valence-electron chi connectivity index (χ0n) is 46.2. The van der Waals surface area contributed by atoms with E-state index in [2.05, 4.69) is 9.97 Å². The van der Waals surface area contributed by atoms with Crippen LogP contribution in [-0.4, -0.2) is 89.8 Å². The number of hydrogen-bond acceptors (Lipinski definition) is 15. The second-order valence-electron chi connectivity index (χ2n) is 20.2. The van der Waals surface area contributed by atoms with Crippen LogP contribution in [-0.2, 0) is 38.8 Å². The summed E-state index contributed by atoms with van der Waals surface area (Å²) in [7, 11) is 6.26. The minimum Gasteiger partial charge on any atom is -0.497 e. The highest BCUT2D eigenvalue weighted by atomic mass is 127. The maximum atomic E-state index is 15.4. The maximum absolute atomic E-state index is 15.4. The molecule has 2 unspecified atom stereocenters. The molecule has 2 saturated heterocycles. The molecule has 3 N–H and O–H groups in total. The fourth-order valence-corrected chi connectivity index (χ4v) is 13.5. The number of aromatic nitrogens is 4. The Morgan fingerprint density at radius 1 is 0.566 bits per heavy atom. The number of halogens is 1. The molecule has 10 rings (SSSR count). The average Bonchev–Trinajstić information content (AvgIpc) is 2.33. The van der Waals surface area contributed by atoms with Crippen molar-refractivity contribution in [3.8, 4) is 23.0 Å². The van der Waals surface area contributed by atoms with Crippen molar-refractivity contribution in [3.63, 3.8) is 0 Å². The van der Waals surface area contributed by atoms with Gasteiger partial charge in [-0.3, -0.25) is 37.7 Å². The Labute approximate surface area is 490 Å². The van der Waals surface area contributed by atoms with Gasteiger partial charge in [0.05, 0.1) is 68.6 Å². The highest BCUT2D eigenvalue weighted by Crippen LogP contribution is 2.61. The fraction of sp³-hybridized carbons (Fsp3) is 0.290. The average molecular weight is 1260 g/mol. The van der Waals surface area contributed by atoms with Gasteiger partial charge in [0.1, 0.15) is 65.5 Å². The van der Waals surface area contributed by atoms with Crippen LogP contribution in [0.15, 0.2) is 189 Å². The van der Waals surface area contributed by atoms with Crippen LogP contribution in [0.2, 0.25) is 0 Å². The van der Waals surface area contributed by atoms with Crippen molar-refractivity contribution in [3.05, 3.63) is 256 Å². The van der Waals surface area contributed by atoms with E-state index in [1.807, 2.05) is 133 Å². The maximum Gasteiger partial charge on any atom is 0.389 e. The first-order valence-electron chi connectivity index (χ1n) is 26.6. The number of methoxy groups -OCH3 is 4. The van der Waals surface area contributed by atoms with E-state index < -0.39 is 88.3 Å². The van der Waals surface area contributed by atoms with E-state index in [1.54, 1.807) is 88.6 Å². The summed E-state index contributed by atoms with van der Waals surface area (Å²) in [6.07, 6.45) is -5.83.